The van der Waals surface area contributed by atoms with Crippen LogP contribution >= 0.6 is 0 Å². The molecule has 1 saturated heterocycles. The average molecular weight is 277 g/mol. The summed E-state index contributed by atoms with van der Waals surface area (Å²) in [5.41, 5.74) is 2.43. The third kappa shape index (κ3) is 4.18. The number of ether oxygens (including phenoxy) is 1. The van der Waals surface area contributed by atoms with E-state index in [9.17, 15) is 0 Å². The molecule has 4 nitrogen and oxygen atoms in total. The van der Waals surface area contributed by atoms with E-state index in [4.69, 9.17) is 9.72 Å². The van der Waals surface area contributed by atoms with Crippen molar-refractivity contribution in [3.8, 4) is 0 Å². The van der Waals surface area contributed by atoms with E-state index in [1.807, 2.05) is 0 Å². The minimum absolute atomic E-state index is 0.643. The molecular formula is C16H27N3O. The zero-order chi connectivity index (χ0) is 14.4. The Balaban J connectivity index is 2.00. The van der Waals surface area contributed by atoms with Gasteiger partial charge in [-0.05, 0) is 44.0 Å². The first-order valence-corrected chi connectivity index (χ1v) is 7.65. The van der Waals surface area contributed by atoms with Crippen LogP contribution in [-0.2, 0) is 11.3 Å². The molecule has 1 unspecified atom stereocenters. The van der Waals surface area contributed by atoms with E-state index >= 15 is 0 Å². The van der Waals surface area contributed by atoms with Gasteiger partial charge in [0.1, 0.15) is 5.82 Å². The normalized spacial score (nSPS) is 18.8. The second-order valence-electron chi connectivity index (χ2n) is 5.71. The maximum Gasteiger partial charge on any atom is 0.129 e. The molecule has 1 aliphatic rings. The zero-order valence-corrected chi connectivity index (χ0v) is 13.0. The molecule has 1 aromatic rings. The van der Waals surface area contributed by atoms with E-state index in [-0.39, 0.29) is 0 Å². The molecule has 0 spiro atoms. The van der Waals surface area contributed by atoms with Gasteiger partial charge in [-0.15, -0.1) is 0 Å². The highest BCUT2D eigenvalue weighted by molar-refractivity contribution is 5.43. The number of aryl methyl sites for hydroxylation is 1. The predicted molar refractivity (Wildman–Crippen MR) is 83.2 cm³/mol. The van der Waals surface area contributed by atoms with E-state index in [0.29, 0.717) is 5.92 Å². The lowest BCUT2D eigenvalue weighted by Crippen LogP contribution is -2.23. The van der Waals surface area contributed by atoms with Crippen LogP contribution in [0.5, 0.6) is 0 Å². The van der Waals surface area contributed by atoms with Gasteiger partial charge in [0.15, 0.2) is 0 Å². The summed E-state index contributed by atoms with van der Waals surface area (Å²) >= 11 is 0. The lowest BCUT2D eigenvalue weighted by molar-refractivity contribution is 0.161. The lowest BCUT2D eigenvalue weighted by atomic mass is 10.1. The Labute approximate surface area is 122 Å². The first-order chi connectivity index (χ1) is 9.72. The Kier molecular flexibility index (Phi) is 5.80. The number of nitrogens with one attached hydrogen (secondary N) is 1. The van der Waals surface area contributed by atoms with Crippen molar-refractivity contribution < 1.29 is 4.74 Å². The average Bonchev–Trinajstić information content (AvgIpc) is 2.88. The summed E-state index contributed by atoms with van der Waals surface area (Å²) in [7, 11) is 1.78. The van der Waals surface area contributed by atoms with Crippen LogP contribution in [0.25, 0.3) is 0 Å². The molecule has 1 fully saturated rings. The van der Waals surface area contributed by atoms with E-state index in [1.165, 1.54) is 18.4 Å². The van der Waals surface area contributed by atoms with Crippen LogP contribution in [0, 0.1) is 12.8 Å². The maximum atomic E-state index is 5.27. The van der Waals surface area contributed by atoms with Gasteiger partial charge in [0.25, 0.3) is 0 Å². The Morgan fingerprint density at radius 1 is 1.45 bits per heavy atom. The number of aromatic nitrogens is 1. The highest BCUT2D eigenvalue weighted by atomic mass is 16.5. The van der Waals surface area contributed by atoms with Gasteiger partial charge >= 0.3 is 0 Å². The predicted octanol–water partition coefficient (Wildman–Crippen LogP) is 2.36. The fourth-order valence-electron chi connectivity index (χ4n) is 2.81. The molecule has 0 radical (unpaired) electrons. The monoisotopic (exact) mass is 277 g/mol. The van der Waals surface area contributed by atoms with Crippen LogP contribution in [0.3, 0.4) is 0 Å². The molecule has 1 aromatic heterocycles. The quantitative estimate of drug-likeness (QED) is 0.776. The van der Waals surface area contributed by atoms with Crippen molar-refractivity contribution in [1.82, 2.24) is 10.3 Å². The van der Waals surface area contributed by atoms with E-state index in [0.717, 1.165) is 44.3 Å². The van der Waals surface area contributed by atoms with Crippen molar-refractivity contribution >= 4 is 5.82 Å². The molecule has 0 amide bonds. The topological polar surface area (TPSA) is 37.4 Å². The molecule has 20 heavy (non-hydrogen) atoms. The van der Waals surface area contributed by atoms with Gasteiger partial charge in [-0.2, -0.15) is 0 Å². The number of hydrogen-bond acceptors (Lipinski definition) is 4. The van der Waals surface area contributed by atoms with Crippen LogP contribution in [0.2, 0.25) is 0 Å². The molecule has 0 bridgehead atoms. The van der Waals surface area contributed by atoms with Crippen molar-refractivity contribution in [2.75, 3.05) is 38.3 Å². The standard InChI is InChI=1S/C16H27N3O/c1-4-6-17-10-15-8-13(2)18-16(9-15)19-7-5-14(11-19)12-20-3/h8-9,14,17H,4-7,10-12H2,1-3H3. The molecule has 1 atom stereocenters. The second-order valence-corrected chi connectivity index (χ2v) is 5.71. The summed E-state index contributed by atoms with van der Waals surface area (Å²) in [6.07, 6.45) is 2.37. The third-order valence-corrected chi connectivity index (χ3v) is 3.77. The molecule has 0 aliphatic carbocycles. The van der Waals surface area contributed by atoms with E-state index in [2.05, 4.69) is 36.2 Å². The van der Waals surface area contributed by atoms with Gasteiger partial charge in [0.05, 0.1) is 6.61 Å². The Morgan fingerprint density at radius 2 is 2.30 bits per heavy atom. The first-order valence-electron chi connectivity index (χ1n) is 7.65. The van der Waals surface area contributed by atoms with Gasteiger partial charge in [-0.3, -0.25) is 0 Å². The minimum Gasteiger partial charge on any atom is -0.384 e. The minimum atomic E-state index is 0.643. The fourth-order valence-corrected chi connectivity index (χ4v) is 2.81. The number of anilines is 1. The summed E-state index contributed by atoms with van der Waals surface area (Å²) in [6, 6.07) is 4.40. The Hall–Kier alpha value is -1.13. The fraction of sp³-hybridized carbons (Fsp3) is 0.688. The van der Waals surface area contributed by atoms with Gasteiger partial charge in [-0.1, -0.05) is 6.92 Å². The number of nitrogens with zero attached hydrogens (tertiary/aromatic N) is 2. The van der Waals surface area contributed by atoms with Gasteiger partial charge < -0.3 is 15.0 Å². The van der Waals surface area contributed by atoms with Crippen molar-refractivity contribution in [1.29, 1.82) is 0 Å². The van der Waals surface area contributed by atoms with Crippen molar-refractivity contribution in [2.45, 2.75) is 33.2 Å². The Bertz CT molecular complexity index is 422. The SMILES string of the molecule is CCCNCc1cc(C)nc(N2CCC(COC)C2)c1. The van der Waals surface area contributed by atoms with Crippen LogP contribution in [0.4, 0.5) is 5.82 Å². The summed E-state index contributed by atoms with van der Waals surface area (Å²) < 4.78 is 5.27. The molecule has 2 rings (SSSR count). The van der Waals surface area contributed by atoms with Crippen LogP contribution < -0.4 is 10.2 Å². The van der Waals surface area contributed by atoms with Crippen molar-refractivity contribution in [2.24, 2.45) is 5.92 Å². The maximum absolute atomic E-state index is 5.27. The van der Waals surface area contributed by atoms with E-state index < -0.39 is 0 Å². The van der Waals surface area contributed by atoms with Gasteiger partial charge in [-0.25, -0.2) is 4.98 Å². The number of methoxy groups -OCH3 is 1. The Morgan fingerprint density at radius 3 is 3.05 bits per heavy atom. The van der Waals surface area contributed by atoms with Crippen molar-refractivity contribution in [3.05, 3.63) is 23.4 Å². The second kappa shape index (κ2) is 7.60. The van der Waals surface area contributed by atoms with Gasteiger partial charge in [0.2, 0.25) is 0 Å². The molecule has 0 aromatic carbocycles. The lowest BCUT2D eigenvalue weighted by Gasteiger charge is -2.19. The molecular weight excluding hydrogens is 250 g/mol. The summed E-state index contributed by atoms with van der Waals surface area (Å²) in [6.45, 7) is 9.27. The molecule has 0 saturated carbocycles. The van der Waals surface area contributed by atoms with Gasteiger partial charge in [0, 0.05) is 38.4 Å². The molecule has 1 N–H and O–H groups in total. The smallest absolute Gasteiger partial charge is 0.129 e. The number of hydrogen-bond donors (Lipinski definition) is 1. The highest BCUT2D eigenvalue weighted by Crippen LogP contribution is 2.23. The van der Waals surface area contributed by atoms with Crippen molar-refractivity contribution in [3.63, 3.8) is 0 Å². The molecule has 2 heterocycles. The largest absolute Gasteiger partial charge is 0.384 e. The van der Waals surface area contributed by atoms with E-state index in [1.54, 1.807) is 7.11 Å². The summed E-state index contributed by atoms with van der Waals surface area (Å²) in [4.78, 5) is 7.08. The molecule has 112 valence electrons. The molecule has 1 aliphatic heterocycles. The highest BCUT2D eigenvalue weighted by Gasteiger charge is 2.23. The number of rotatable bonds is 7. The van der Waals surface area contributed by atoms with Crippen LogP contribution in [0.1, 0.15) is 31.0 Å². The summed E-state index contributed by atoms with van der Waals surface area (Å²) in [5, 5.41) is 3.46. The van der Waals surface area contributed by atoms with Crippen LogP contribution in [0.15, 0.2) is 12.1 Å². The number of pyridine rings is 1. The summed E-state index contributed by atoms with van der Waals surface area (Å²) in [5.74, 6) is 1.76. The first kappa shape index (κ1) is 15.3. The third-order valence-electron chi connectivity index (χ3n) is 3.77. The van der Waals surface area contributed by atoms with Crippen LogP contribution in [-0.4, -0.2) is 38.3 Å². The zero-order valence-electron chi connectivity index (χ0n) is 13.0. The molecule has 4 heteroatoms.